The Bertz CT molecular complexity index is 1650. The van der Waals surface area contributed by atoms with Crippen molar-refractivity contribution < 1.29 is 24.1 Å². The number of aliphatic hydroxyl groups is 2. The molecule has 3 aromatic rings. The number of rotatable bonds is 6. The van der Waals surface area contributed by atoms with Gasteiger partial charge in [0.1, 0.15) is 12.4 Å². The van der Waals surface area contributed by atoms with Crippen LogP contribution in [0.5, 0.6) is 0 Å². The van der Waals surface area contributed by atoms with Gasteiger partial charge in [0.25, 0.3) is 5.56 Å². The van der Waals surface area contributed by atoms with Gasteiger partial charge in [0.2, 0.25) is 0 Å². The lowest BCUT2D eigenvalue weighted by Crippen LogP contribution is -2.38. The second-order valence-electron chi connectivity index (χ2n) is 11.2. The Balaban J connectivity index is 0.00000180. The van der Waals surface area contributed by atoms with E-state index in [1.807, 2.05) is 13.8 Å². The molecule has 0 spiro atoms. The van der Waals surface area contributed by atoms with Crippen molar-refractivity contribution in [3.8, 4) is 11.4 Å². The largest absolute Gasteiger partial charge is 0.458 e. The van der Waals surface area contributed by atoms with E-state index in [1.54, 1.807) is 25.3 Å². The molecule has 1 unspecified atom stereocenters. The molecular weight excluding hydrogens is 555 g/mol. The molecular formula is C31H39FN6O5. The highest BCUT2D eigenvalue weighted by atomic mass is 19.1. The Kier molecular flexibility index (Phi) is 8.84. The summed E-state index contributed by atoms with van der Waals surface area (Å²) in [6, 6.07) is 4.69. The molecule has 0 bridgehead atoms. The maximum atomic E-state index is 14.7. The monoisotopic (exact) mass is 594 g/mol. The number of piperidine rings is 1. The molecule has 3 aliphatic heterocycles. The smallest absolute Gasteiger partial charge is 0.340 e. The van der Waals surface area contributed by atoms with Crippen LogP contribution in [-0.4, -0.2) is 61.9 Å². The van der Waals surface area contributed by atoms with Gasteiger partial charge in [-0.25, -0.2) is 20.0 Å². The molecule has 0 aliphatic carbocycles. The molecule has 1 saturated heterocycles. The SMILES string of the molecule is CC.Cc1cc2c(CN(N)/C=C(\N)CN3CCC(CO)CC3)c3c(nc2cc1F)-c1cc2c(c(=O)n1C3)COC(=O)C2O. The number of halogens is 1. The average Bonchev–Trinajstić information content (AvgIpc) is 3.36. The predicted molar refractivity (Wildman–Crippen MR) is 160 cm³/mol. The van der Waals surface area contributed by atoms with Gasteiger partial charge < -0.3 is 30.3 Å². The second kappa shape index (κ2) is 12.4. The van der Waals surface area contributed by atoms with Gasteiger partial charge >= 0.3 is 5.97 Å². The Morgan fingerprint density at radius 1 is 1.21 bits per heavy atom. The molecule has 1 atom stereocenters. The summed E-state index contributed by atoms with van der Waals surface area (Å²) in [5.74, 6) is 5.56. The number of likely N-dealkylation sites (tertiary alicyclic amines) is 1. The van der Waals surface area contributed by atoms with Crippen molar-refractivity contribution in [2.75, 3.05) is 26.2 Å². The van der Waals surface area contributed by atoms with Crippen LogP contribution in [0.15, 0.2) is 34.9 Å². The second-order valence-corrected chi connectivity index (χ2v) is 11.2. The molecule has 0 radical (unpaired) electrons. The zero-order valence-electron chi connectivity index (χ0n) is 24.8. The fraction of sp³-hybridized carbons (Fsp3) is 0.452. The van der Waals surface area contributed by atoms with Crippen LogP contribution in [0.3, 0.4) is 0 Å². The third kappa shape index (κ3) is 5.75. The molecule has 3 aliphatic rings. The van der Waals surface area contributed by atoms with Crippen LogP contribution in [0.25, 0.3) is 22.3 Å². The molecule has 1 aromatic carbocycles. The fourth-order valence-electron chi connectivity index (χ4n) is 6.09. The number of ether oxygens (including phenoxy) is 1. The van der Waals surface area contributed by atoms with Gasteiger partial charge in [-0.2, -0.15) is 0 Å². The van der Waals surface area contributed by atoms with Gasteiger partial charge in [-0.3, -0.25) is 9.69 Å². The lowest BCUT2D eigenvalue weighted by molar-refractivity contribution is -0.157. The van der Waals surface area contributed by atoms with Crippen LogP contribution in [0, 0.1) is 18.7 Å². The minimum atomic E-state index is -1.57. The first-order chi connectivity index (χ1) is 20.6. The first-order valence-corrected chi connectivity index (χ1v) is 14.7. The number of aliphatic hydroxyl groups excluding tert-OH is 2. The quantitative estimate of drug-likeness (QED) is 0.148. The van der Waals surface area contributed by atoms with Crippen molar-refractivity contribution >= 4 is 16.9 Å². The standard InChI is InChI=1S/C29H33FN6O5.C2H6/c1-15-6-18-20(11-35(32)10-17(31)9-34-4-2-16(13-37)3-5-34)21-12-36-25(26(21)33-24(18)8-23(15)30)7-19-22(28(36)39)14-41-29(40)27(19)38;1-2/h6-8,10,16,27,37-38H,2-5,9,11-14,31-32H2,1H3;1-2H3/b17-10-;. The third-order valence-electron chi connectivity index (χ3n) is 8.40. The molecule has 0 saturated carbocycles. The van der Waals surface area contributed by atoms with E-state index in [0.29, 0.717) is 46.0 Å². The number of nitrogens with zero attached hydrogens (tertiary/aromatic N) is 4. The molecule has 5 heterocycles. The summed E-state index contributed by atoms with van der Waals surface area (Å²) < 4.78 is 21.2. The minimum absolute atomic E-state index is 0.197. The first kappa shape index (κ1) is 30.6. The number of aromatic nitrogens is 2. The number of fused-ring (bicyclic) bond motifs is 5. The maximum absolute atomic E-state index is 14.7. The highest BCUT2D eigenvalue weighted by molar-refractivity contribution is 5.89. The van der Waals surface area contributed by atoms with E-state index in [1.165, 1.54) is 15.6 Å². The molecule has 6 rings (SSSR count). The third-order valence-corrected chi connectivity index (χ3v) is 8.40. The van der Waals surface area contributed by atoms with Crippen molar-refractivity contribution in [3.05, 3.63) is 74.1 Å². The van der Waals surface area contributed by atoms with Gasteiger partial charge in [0.05, 0.1) is 35.6 Å². The van der Waals surface area contributed by atoms with Crippen LogP contribution in [-0.2, 0) is 29.2 Å². The number of cyclic esters (lactones) is 1. The van der Waals surface area contributed by atoms with Crippen LogP contribution < -0.4 is 17.1 Å². The highest BCUT2D eigenvalue weighted by Gasteiger charge is 2.35. The molecule has 6 N–H and O–H groups in total. The molecule has 12 heteroatoms. The lowest BCUT2D eigenvalue weighted by Gasteiger charge is -2.31. The van der Waals surface area contributed by atoms with E-state index < -0.39 is 17.9 Å². The molecule has 0 amide bonds. The number of hydrogen-bond donors (Lipinski definition) is 4. The Morgan fingerprint density at radius 2 is 1.93 bits per heavy atom. The van der Waals surface area contributed by atoms with E-state index in [9.17, 15) is 24.2 Å². The van der Waals surface area contributed by atoms with E-state index in [4.69, 9.17) is 21.3 Å². The topological polar surface area (TPSA) is 160 Å². The van der Waals surface area contributed by atoms with Crippen molar-refractivity contribution in [2.24, 2.45) is 17.5 Å². The minimum Gasteiger partial charge on any atom is -0.458 e. The van der Waals surface area contributed by atoms with E-state index in [0.717, 1.165) is 37.1 Å². The number of pyridine rings is 2. The highest BCUT2D eigenvalue weighted by Crippen LogP contribution is 2.38. The molecule has 43 heavy (non-hydrogen) atoms. The Hall–Kier alpha value is -3.84. The van der Waals surface area contributed by atoms with Gasteiger partial charge in [-0.15, -0.1) is 0 Å². The summed E-state index contributed by atoms with van der Waals surface area (Å²) in [5.41, 5.74) is 10.3. The zero-order chi connectivity index (χ0) is 31.0. The van der Waals surface area contributed by atoms with Gasteiger partial charge in [-0.1, -0.05) is 13.8 Å². The first-order valence-electron chi connectivity index (χ1n) is 14.7. The summed E-state index contributed by atoms with van der Waals surface area (Å²) in [5, 5.41) is 22.0. The maximum Gasteiger partial charge on any atom is 0.340 e. The molecule has 230 valence electrons. The summed E-state index contributed by atoms with van der Waals surface area (Å²) in [6.07, 6.45) is 1.95. The van der Waals surface area contributed by atoms with Crippen molar-refractivity contribution in [1.29, 1.82) is 0 Å². The van der Waals surface area contributed by atoms with Crippen molar-refractivity contribution in [3.63, 3.8) is 0 Å². The summed E-state index contributed by atoms with van der Waals surface area (Å²) in [4.78, 5) is 32.4. The number of benzene rings is 1. The number of carbonyl (C=O) groups excluding carboxylic acids is 1. The number of carbonyl (C=O) groups is 1. The molecule has 2 aromatic heterocycles. The predicted octanol–water partition coefficient (Wildman–Crippen LogP) is 2.17. The van der Waals surface area contributed by atoms with Gasteiger partial charge in [-0.05, 0) is 62.0 Å². The van der Waals surface area contributed by atoms with E-state index in [2.05, 4.69) is 4.90 Å². The van der Waals surface area contributed by atoms with E-state index in [-0.39, 0.29) is 43.0 Å². The van der Waals surface area contributed by atoms with Crippen LogP contribution >= 0.6 is 0 Å². The molecule has 1 fully saturated rings. The molecule has 11 nitrogen and oxygen atoms in total. The Morgan fingerprint density at radius 3 is 2.63 bits per heavy atom. The van der Waals surface area contributed by atoms with Crippen LogP contribution in [0.1, 0.15) is 60.6 Å². The van der Waals surface area contributed by atoms with E-state index >= 15 is 0 Å². The number of esters is 1. The van der Waals surface area contributed by atoms with Gasteiger partial charge in [0, 0.05) is 47.6 Å². The average molecular weight is 595 g/mol. The summed E-state index contributed by atoms with van der Waals surface area (Å²) >= 11 is 0. The van der Waals surface area contributed by atoms with Crippen LogP contribution in [0.2, 0.25) is 0 Å². The normalized spacial score (nSPS) is 18.4. The fourth-order valence-corrected chi connectivity index (χ4v) is 6.09. The summed E-state index contributed by atoms with van der Waals surface area (Å²) in [6.45, 7) is 8.31. The van der Waals surface area contributed by atoms with Crippen molar-refractivity contribution in [2.45, 2.75) is 59.4 Å². The lowest BCUT2D eigenvalue weighted by atomic mass is 9.97. The summed E-state index contributed by atoms with van der Waals surface area (Å²) in [7, 11) is 0. The van der Waals surface area contributed by atoms with Crippen molar-refractivity contribution in [1.82, 2.24) is 19.5 Å². The Labute approximate surface area is 249 Å². The van der Waals surface area contributed by atoms with Crippen LogP contribution in [0.4, 0.5) is 4.39 Å². The number of nitrogens with two attached hydrogens (primary N) is 2. The number of aryl methyl sites for hydroxylation is 1. The number of hydrogen-bond acceptors (Lipinski definition) is 10. The number of hydrazine groups is 1. The zero-order valence-corrected chi connectivity index (χ0v) is 24.8. The van der Waals surface area contributed by atoms with Gasteiger partial charge in [0.15, 0.2) is 6.10 Å².